The van der Waals surface area contributed by atoms with Gasteiger partial charge in [-0.2, -0.15) is 0 Å². The zero-order chi connectivity index (χ0) is 17.4. The van der Waals surface area contributed by atoms with E-state index in [1.165, 1.54) is 6.92 Å². The third-order valence-corrected chi connectivity index (χ3v) is 3.35. The molecule has 124 valence electrons. The summed E-state index contributed by atoms with van der Waals surface area (Å²) in [6.07, 6.45) is 3.79. The summed E-state index contributed by atoms with van der Waals surface area (Å²) in [5, 5.41) is 8.41. The van der Waals surface area contributed by atoms with E-state index >= 15 is 0 Å². The molecule has 6 heteroatoms. The molecule has 0 bridgehead atoms. The van der Waals surface area contributed by atoms with Gasteiger partial charge in [-0.15, -0.1) is 0 Å². The highest BCUT2D eigenvalue weighted by Crippen LogP contribution is 2.25. The molecule has 0 atom stereocenters. The number of hydrogen-bond donors (Lipinski definition) is 3. The van der Waals surface area contributed by atoms with Gasteiger partial charge in [-0.3, -0.25) is 4.79 Å². The van der Waals surface area contributed by atoms with Gasteiger partial charge in [-0.25, -0.2) is 4.79 Å². The van der Waals surface area contributed by atoms with E-state index in [9.17, 15) is 9.59 Å². The summed E-state index contributed by atoms with van der Waals surface area (Å²) in [6, 6.07) is 14.3. The van der Waals surface area contributed by atoms with Crippen molar-refractivity contribution in [3.8, 4) is 0 Å². The predicted molar refractivity (Wildman–Crippen MR) is 98.3 cm³/mol. The number of anilines is 2. The Bertz CT molecular complexity index is 745. The van der Waals surface area contributed by atoms with E-state index in [1.807, 2.05) is 42.5 Å². The molecule has 0 aliphatic carbocycles. The van der Waals surface area contributed by atoms with Crippen molar-refractivity contribution in [3.05, 3.63) is 65.2 Å². The molecule has 0 heterocycles. The largest absolute Gasteiger partial charge is 0.334 e. The number of urea groups is 1. The van der Waals surface area contributed by atoms with Gasteiger partial charge in [0.1, 0.15) is 0 Å². The first-order valence-corrected chi connectivity index (χ1v) is 7.76. The highest BCUT2D eigenvalue weighted by molar-refractivity contribution is 6.33. The summed E-state index contributed by atoms with van der Waals surface area (Å²) in [5.74, 6) is -0.232. The van der Waals surface area contributed by atoms with Crippen LogP contribution in [0.2, 0.25) is 5.02 Å². The monoisotopic (exact) mass is 343 g/mol. The molecular formula is C18H18ClN3O2. The van der Waals surface area contributed by atoms with Crippen LogP contribution in [0.25, 0.3) is 6.08 Å². The fraction of sp³-hybridized carbons (Fsp3) is 0.111. The van der Waals surface area contributed by atoms with Crippen molar-refractivity contribution in [3.63, 3.8) is 0 Å². The van der Waals surface area contributed by atoms with Crippen LogP contribution in [0.1, 0.15) is 12.5 Å². The highest BCUT2D eigenvalue weighted by Gasteiger charge is 2.06. The van der Waals surface area contributed by atoms with Gasteiger partial charge < -0.3 is 16.0 Å². The first kappa shape index (κ1) is 17.6. The number of rotatable bonds is 5. The van der Waals surface area contributed by atoms with Gasteiger partial charge >= 0.3 is 6.03 Å². The second-order valence-corrected chi connectivity index (χ2v) is 5.43. The molecule has 2 aromatic rings. The molecule has 0 aliphatic heterocycles. The van der Waals surface area contributed by atoms with E-state index in [-0.39, 0.29) is 11.9 Å². The summed E-state index contributed by atoms with van der Waals surface area (Å²) < 4.78 is 0. The number of carbonyl (C=O) groups excluding carboxylic acids is 2. The summed E-state index contributed by atoms with van der Waals surface area (Å²) in [6.45, 7) is 1.79. The molecule has 0 unspecified atom stereocenters. The van der Waals surface area contributed by atoms with E-state index in [4.69, 9.17) is 11.6 Å². The maximum atomic E-state index is 11.9. The van der Waals surface area contributed by atoms with Gasteiger partial charge in [0.05, 0.1) is 10.7 Å². The zero-order valence-electron chi connectivity index (χ0n) is 13.2. The predicted octanol–water partition coefficient (Wildman–Crippen LogP) is 4.13. The number of carbonyl (C=O) groups is 2. The molecule has 0 spiro atoms. The van der Waals surface area contributed by atoms with Crippen molar-refractivity contribution in [1.29, 1.82) is 0 Å². The van der Waals surface area contributed by atoms with Crippen molar-refractivity contribution in [2.24, 2.45) is 0 Å². The van der Waals surface area contributed by atoms with E-state index in [0.29, 0.717) is 22.9 Å². The van der Waals surface area contributed by atoms with E-state index in [0.717, 1.165) is 5.56 Å². The number of hydrogen-bond acceptors (Lipinski definition) is 2. The van der Waals surface area contributed by atoms with Gasteiger partial charge in [0, 0.05) is 19.2 Å². The first-order valence-electron chi connectivity index (χ1n) is 7.38. The molecule has 0 saturated carbocycles. The van der Waals surface area contributed by atoms with Crippen molar-refractivity contribution < 1.29 is 9.59 Å². The normalized spacial score (nSPS) is 10.4. The molecule has 0 saturated heterocycles. The Hall–Kier alpha value is -2.79. The van der Waals surface area contributed by atoms with Crippen molar-refractivity contribution in [2.75, 3.05) is 17.2 Å². The second kappa shape index (κ2) is 8.74. The van der Waals surface area contributed by atoms with Gasteiger partial charge in [-0.1, -0.05) is 54.1 Å². The summed E-state index contributed by atoms with van der Waals surface area (Å²) in [4.78, 5) is 23.0. The molecule has 3 N–H and O–H groups in total. The summed E-state index contributed by atoms with van der Waals surface area (Å²) >= 11 is 5.99. The lowest BCUT2D eigenvalue weighted by molar-refractivity contribution is -0.114. The van der Waals surface area contributed by atoms with Crippen LogP contribution in [0.5, 0.6) is 0 Å². The van der Waals surface area contributed by atoms with E-state index in [2.05, 4.69) is 16.0 Å². The van der Waals surface area contributed by atoms with Crippen molar-refractivity contribution in [2.45, 2.75) is 6.92 Å². The standard InChI is InChI=1S/C18H18ClN3O2/c1-13(23)21-17-12-15(9-10-16(17)19)22-18(24)20-11-5-8-14-6-3-2-4-7-14/h2-10,12H,11H2,1H3,(H,21,23)(H2,20,22,24)/b8-5-. The third-order valence-electron chi connectivity index (χ3n) is 3.03. The van der Waals surface area contributed by atoms with Crippen LogP contribution in [0.3, 0.4) is 0 Å². The van der Waals surface area contributed by atoms with Crippen LogP contribution in [0.15, 0.2) is 54.6 Å². The SMILES string of the molecule is CC(=O)Nc1cc(NC(=O)NC/C=C\c2ccccc2)ccc1Cl. The average Bonchev–Trinajstić information content (AvgIpc) is 2.55. The van der Waals surface area contributed by atoms with Gasteiger partial charge in [0.15, 0.2) is 0 Å². The Morgan fingerprint density at radius 2 is 1.83 bits per heavy atom. The zero-order valence-corrected chi connectivity index (χ0v) is 13.9. The molecule has 0 aliphatic rings. The molecule has 2 rings (SSSR count). The van der Waals surface area contributed by atoms with Crippen LogP contribution in [0.4, 0.5) is 16.2 Å². The number of nitrogens with one attached hydrogen (secondary N) is 3. The molecule has 5 nitrogen and oxygen atoms in total. The lowest BCUT2D eigenvalue weighted by atomic mass is 10.2. The smallest absolute Gasteiger partial charge is 0.319 e. The van der Waals surface area contributed by atoms with Crippen LogP contribution in [0, 0.1) is 0 Å². The Morgan fingerprint density at radius 3 is 2.54 bits per heavy atom. The number of benzene rings is 2. The van der Waals surface area contributed by atoms with Crippen molar-refractivity contribution in [1.82, 2.24) is 5.32 Å². The Balaban J connectivity index is 1.86. The first-order chi connectivity index (χ1) is 11.5. The molecule has 0 radical (unpaired) electrons. The van der Waals surface area contributed by atoms with Crippen LogP contribution < -0.4 is 16.0 Å². The second-order valence-electron chi connectivity index (χ2n) is 5.02. The molecule has 0 fully saturated rings. The van der Waals surface area contributed by atoms with E-state index in [1.54, 1.807) is 18.2 Å². The lowest BCUT2D eigenvalue weighted by Gasteiger charge is -2.10. The minimum atomic E-state index is -0.344. The molecule has 0 aromatic heterocycles. The van der Waals surface area contributed by atoms with E-state index < -0.39 is 0 Å². The number of halogens is 1. The third kappa shape index (κ3) is 5.78. The molecule has 24 heavy (non-hydrogen) atoms. The Labute approximate surface area is 145 Å². The quantitative estimate of drug-likeness (QED) is 0.763. The molecule has 3 amide bonds. The summed E-state index contributed by atoms with van der Waals surface area (Å²) in [7, 11) is 0. The van der Waals surface area contributed by atoms with Crippen molar-refractivity contribution >= 4 is 41.0 Å². The number of amides is 3. The maximum Gasteiger partial charge on any atom is 0.319 e. The van der Waals surface area contributed by atoms with Crippen LogP contribution in [-0.4, -0.2) is 18.5 Å². The van der Waals surface area contributed by atoms with Gasteiger partial charge in [-0.05, 0) is 23.8 Å². The Morgan fingerprint density at radius 1 is 1.08 bits per heavy atom. The lowest BCUT2D eigenvalue weighted by Crippen LogP contribution is -2.28. The maximum absolute atomic E-state index is 11.9. The van der Waals surface area contributed by atoms with Gasteiger partial charge in [0.2, 0.25) is 5.91 Å². The fourth-order valence-electron chi connectivity index (χ4n) is 1.97. The minimum absolute atomic E-state index is 0.232. The Kier molecular flexibility index (Phi) is 6.40. The fourth-order valence-corrected chi connectivity index (χ4v) is 2.14. The van der Waals surface area contributed by atoms with Crippen LogP contribution >= 0.6 is 11.6 Å². The highest BCUT2D eigenvalue weighted by atomic mass is 35.5. The molecular weight excluding hydrogens is 326 g/mol. The molecule has 2 aromatic carbocycles. The van der Waals surface area contributed by atoms with Crippen LogP contribution in [-0.2, 0) is 4.79 Å². The minimum Gasteiger partial charge on any atom is -0.334 e. The van der Waals surface area contributed by atoms with Gasteiger partial charge in [0.25, 0.3) is 0 Å². The average molecular weight is 344 g/mol. The summed E-state index contributed by atoms with van der Waals surface area (Å²) in [5.41, 5.74) is 2.05. The topological polar surface area (TPSA) is 70.2 Å².